The third-order valence-electron chi connectivity index (χ3n) is 5.98. The highest BCUT2D eigenvalue weighted by molar-refractivity contribution is 9.10. The van der Waals surface area contributed by atoms with Gasteiger partial charge >= 0.3 is 6.03 Å². The number of amides is 4. The Morgan fingerprint density at radius 2 is 1.61 bits per heavy atom. The number of benzene rings is 4. The van der Waals surface area contributed by atoms with Gasteiger partial charge < -0.3 is 4.74 Å². The van der Waals surface area contributed by atoms with Gasteiger partial charge in [-0.25, -0.2) is 9.69 Å². The van der Waals surface area contributed by atoms with Crippen LogP contribution in [-0.4, -0.2) is 17.8 Å². The van der Waals surface area contributed by atoms with Crippen LogP contribution < -0.4 is 15.0 Å². The number of nitrogens with one attached hydrogen (secondary N) is 1. The van der Waals surface area contributed by atoms with E-state index in [1.807, 2.05) is 66.7 Å². The van der Waals surface area contributed by atoms with Gasteiger partial charge in [-0.2, -0.15) is 0 Å². The van der Waals surface area contributed by atoms with E-state index in [1.165, 1.54) is 6.08 Å². The van der Waals surface area contributed by atoms with Crippen LogP contribution in [0.2, 0.25) is 0 Å². The van der Waals surface area contributed by atoms with Crippen molar-refractivity contribution in [2.45, 2.75) is 13.5 Å². The second kappa shape index (κ2) is 9.79. The van der Waals surface area contributed by atoms with Crippen LogP contribution in [0.15, 0.2) is 95.0 Å². The molecular formula is C29H21BrN2O4. The number of imide groups is 2. The van der Waals surface area contributed by atoms with Gasteiger partial charge in [-0.1, -0.05) is 76.6 Å². The maximum absolute atomic E-state index is 13.5. The number of aryl methyl sites for hydroxylation is 1. The average molecular weight is 541 g/mol. The first-order valence-electron chi connectivity index (χ1n) is 11.3. The van der Waals surface area contributed by atoms with Crippen LogP contribution in [0, 0.1) is 6.92 Å². The number of urea groups is 1. The van der Waals surface area contributed by atoms with E-state index in [1.54, 1.807) is 25.1 Å². The molecule has 1 saturated heterocycles. The molecule has 36 heavy (non-hydrogen) atoms. The van der Waals surface area contributed by atoms with Gasteiger partial charge in [0.1, 0.15) is 17.9 Å². The smallest absolute Gasteiger partial charge is 0.335 e. The molecule has 1 N–H and O–H groups in total. The predicted octanol–water partition coefficient (Wildman–Crippen LogP) is 6.16. The molecule has 4 aromatic rings. The average Bonchev–Trinajstić information content (AvgIpc) is 2.87. The highest BCUT2D eigenvalue weighted by atomic mass is 79.9. The molecule has 0 unspecified atom stereocenters. The summed E-state index contributed by atoms with van der Waals surface area (Å²) in [6.45, 7) is 2.10. The van der Waals surface area contributed by atoms with E-state index in [9.17, 15) is 14.4 Å². The highest BCUT2D eigenvalue weighted by Crippen LogP contribution is 2.33. The van der Waals surface area contributed by atoms with Crippen LogP contribution in [0.1, 0.15) is 16.7 Å². The molecule has 5 rings (SSSR count). The fourth-order valence-electron chi connectivity index (χ4n) is 4.13. The number of hydrogen-bond donors (Lipinski definition) is 1. The fourth-order valence-corrected chi connectivity index (χ4v) is 4.39. The molecule has 7 heteroatoms. The molecule has 0 saturated carbocycles. The van der Waals surface area contributed by atoms with Crippen molar-refractivity contribution >= 4 is 56.3 Å². The topological polar surface area (TPSA) is 75.7 Å². The van der Waals surface area contributed by atoms with Gasteiger partial charge in [-0.05, 0) is 59.2 Å². The molecule has 6 nitrogen and oxygen atoms in total. The molecule has 0 radical (unpaired) electrons. The van der Waals surface area contributed by atoms with E-state index >= 15 is 0 Å². The third kappa shape index (κ3) is 4.53. The van der Waals surface area contributed by atoms with Gasteiger partial charge in [0.25, 0.3) is 11.8 Å². The summed E-state index contributed by atoms with van der Waals surface area (Å²) in [7, 11) is 0. The summed E-state index contributed by atoms with van der Waals surface area (Å²) >= 11 is 3.43. The van der Waals surface area contributed by atoms with Crippen LogP contribution in [0.3, 0.4) is 0 Å². The number of hydrogen-bond acceptors (Lipinski definition) is 4. The quantitative estimate of drug-likeness (QED) is 0.243. The second-order valence-corrected chi connectivity index (χ2v) is 9.27. The number of halogens is 1. The van der Waals surface area contributed by atoms with E-state index in [-0.39, 0.29) is 5.57 Å². The zero-order chi connectivity index (χ0) is 25.2. The lowest BCUT2D eigenvalue weighted by Gasteiger charge is -2.27. The summed E-state index contributed by atoms with van der Waals surface area (Å²) in [5.74, 6) is -0.921. The molecule has 4 amide bonds. The summed E-state index contributed by atoms with van der Waals surface area (Å²) in [5, 5.41) is 4.04. The van der Waals surface area contributed by atoms with Crippen LogP contribution in [0.5, 0.6) is 5.75 Å². The van der Waals surface area contributed by atoms with Gasteiger partial charge in [0.2, 0.25) is 0 Å². The standard InChI is InChI=1S/C29H21BrN2O4/c1-18-6-2-5-9-25(18)32-28(34)24(27(33)31-29(32)35)16-23-22-8-4-3-7-20(22)12-15-26(23)36-17-19-10-13-21(30)14-11-19/h2-16H,17H2,1H3,(H,31,33,35)/b24-16+. The Labute approximate surface area is 216 Å². The molecule has 0 aromatic heterocycles. The van der Waals surface area contributed by atoms with Crippen LogP contribution in [0.4, 0.5) is 10.5 Å². The predicted molar refractivity (Wildman–Crippen MR) is 143 cm³/mol. The summed E-state index contributed by atoms with van der Waals surface area (Å²) < 4.78 is 7.12. The Morgan fingerprint density at radius 1 is 0.889 bits per heavy atom. The third-order valence-corrected chi connectivity index (χ3v) is 6.51. The number of rotatable bonds is 5. The lowest BCUT2D eigenvalue weighted by atomic mass is 9.99. The maximum atomic E-state index is 13.5. The van der Waals surface area contributed by atoms with E-state index in [2.05, 4.69) is 21.2 Å². The number of anilines is 1. The SMILES string of the molecule is Cc1ccccc1N1C(=O)NC(=O)/C(=C\c2c(OCc3ccc(Br)cc3)ccc3ccccc23)C1=O. The van der Waals surface area contributed by atoms with E-state index in [0.717, 1.165) is 31.3 Å². The second-order valence-electron chi connectivity index (χ2n) is 8.36. The Bertz CT molecular complexity index is 1540. The Balaban J connectivity index is 1.59. The molecule has 1 aliphatic heterocycles. The first kappa shape index (κ1) is 23.5. The molecular weight excluding hydrogens is 520 g/mol. The van der Waals surface area contributed by atoms with E-state index in [0.29, 0.717) is 23.6 Å². The van der Waals surface area contributed by atoms with E-state index < -0.39 is 17.8 Å². The molecule has 1 heterocycles. The van der Waals surface area contributed by atoms with Crippen LogP contribution in [-0.2, 0) is 16.2 Å². The molecule has 0 bridgehead atoms. The monoisotopic (exact) mass is 540 g/mol. The number of ether oxygens (including phenoxy) is 1. The molecule has 0 spiro atoms. The van der Waals surface area contributed by atoms with Crippen LogP contribution in [0.25, 0.3) is 16.8 Å². The van der Waals surface area contributed by atoms with Crippen molar-refractivity contribution in [3.8, 4) is 5.75 Å². The molecule has 178 valence electrons. The number of barbiturate groups is 1. The minimum Gasteiger partial charge on any atom is -0.488 e. The van der Waals surface area contributed by atoms with Gasteiger partial charge in [-0.15, -0.1) is 0 Å². The van der Waals surface area contributed by atoms with Crippen molar-refractivity contribution in [1.82, 2.24) is 5.32 Å². The molecule has 0 aliphatic carbocycles. The Kier molecular flexibility index (Phi) is 6.40. The van der Waals surface area contributed by atoms with Crippen molar-refractivity contribution in [3.05, 3.63) is 112 Å². The summed E-state index contributed by atoms with van der Waals surface area (Å²) in [5.41, 5.74) is 2.56. The normalized spacial score (nSPS) is 14.9. The van der Waals surface area contributed by atoms with Crippen molar-refractivity contribution in [3.63, 3.8) is 0 Å². The number of fused-ring (bicyclic) bond motifs is 1. The van der Waals surface area contributed by atoms with Crippen LogP contribution >= 0.6 is 15.9 Å². The van der Waals surface area contributed by atoms with Crippen molar-refractivity contribution in [1.29, 1.82) is 0 Å². The van der Waals surface area contributed by atoms with Crippen molar-refractivity contribution in [2.24, 2.45) is 0 Å². The number of para-hydroxylation sites is 1. The highest BCUT2D eigenvalue weighted by Gasteiger charge is 2.37. The molecule has 0 atom stereocenters. The maximum Gasteiger partial charge on any atom is 0.335 e. The number of carbonyl (C=O) groups is 3. The molecule has 1 aliphatic rings. The summed E-state index contributed by atoms with van der Waals surface area (Å²) in [4.78, 5) is 40.0. The first-order valence-corrected chi connectivity index (χ1v) is 12.1. The fraction of sp³-hybridized carbons (Fsp3) is 0.0690. The lowest BCUT2D eigenvalue weighted by molar-refractivity contribution is -0.122. The summed E-state index contributed by atoms with van der Waals surface area (Å²) in [6.07, 6.45) is 1.51. The minimum atomic E-state index is -0.777. The minimum absolute atomic E-state index is 0.150. The lowest BCUT2D eigenvalue weighted by Crippen LogP contribution is -2.54. The van der Waals surface area contributed by atoms with Gasteiger partial charge in [0.05, 0.1) is 5.69 Å². The zero-order valence-corrected chi connectivity index (χ0v) is 20.9. The van der Waals surface area contributed by atoms with Crippen molar-refractivity contribution in [2.75, 3.05) is 4.90 Å². The molecule has 4 aromatic carbocycles. The van der Waals surface area contributed by atoms with Crippen molar-refractivity contribution < 1.29 is 19.1 Å². The Morgan fingerprint density at radius 3 is 2.39 bits per heavy atom. The number of carbonyl (C=O) groups excluding carboxylic acids is 3. The van der Waals surface area contributed by atoms with Gasteiger partial charge in [0.15, 0.2) is 0 Å². The Hall–Kier alpha value is -4.23. The first-order chi connectivity index (χ1) is 17.4. The largest absolute Gasteiger partial charge is 0.488 e. The summed E-state index contributed by atoms with van der Waals surface area (Å²) in [6, 6.07) is 25.4. The van der Waals surface area contributed by atoms with E-state index in [4.69, 9.17) is 4.74 Å². The molecule has 1 fully saturated rings. The van der Waals surface area contributed by atoms with Gasteiger partial charge in [-0.3, -0.25) is 14.9 Å². The number of nitrogens with zero attached hydrogens (tertiary/aromatic N) is 1. The zero-order valence-electron chi connectivity index (χ0n) is 19.3. The van der Waals surface area contributed by atoms with Gasteiger partial charge in [0, 0.05) is 10.0 Å².